The SMILES string of the molecule is Cc1cc(C)c2c(c1)-c1ccc(C(C)(C)C)cc1C2N. The molecule has 0 radical (unpaired) electrons. The molecule has 1 nitrogen and oxygen atoms in total. The zero-order chi connectivity index (χ0) is 14.7. The lowest BCUT2D eigenvalue weighted by atomic mass is 9.85. The molecule has 0 amide bonds. The van der Waals surface area contributed by atoms with Crippen molar-refractivity contribution >= 4 is 0 Å². The minimum absolute atomic E-state index is 0.0166. The van der Waals surface area contributed by atoms with E-state index in [2.05, 4.69) is 65.0 Å². The first-order chi connectivity index (χ1) is 9.29. The van der Waals surface area contributed by atoms with Crippen LogP contribution in [0.5, 0.6) is 0 Å². The van der Waals surface area contributed by atoms with Crippen molar-refractivity contribution < 1.29 is 0 Å². The van der Waals surface area contributed by atoms with Crippen LogP contribution < -0.4 is 5.73 Å². The highest BCUT2D eigenvalue weighted by Gasteiger charge is 2.29. The lowest BCUT2D eigenvalue weighted by Crippen LogP contribution is -2.14. The van der Waals surface area contributed by atoms with Crippen molar-refractivity contribution in [2.75, 3.05) is 0 Å². The Labute approximate surface area is 121 Å². The molecule has 1 heteroatoms. The lowest BCUT2D eigenvalue weighted by Gasteiger charge is -2.20. The molecule has 1 aliphatic rings. The summed E-state index contributed by atoms with van der Waals surface area (Å²) in [6, 6.07) is 11.3. The third-order valence-corrected chi connectivity index (χ3v) is 4.39. The second kappa shape index (κ2) is 4.20. The van der Waals surface area contributed by atoms with Gasteiger partial charge in [-0.1, -0.05) is 56.7 Å². The van der Waals surface area contributed by atoms with Gasteiger partial charge in [0.1, 0.15) is 0 Å². The first-order valence-corrected chi connectivity index (χ1v) is 7.30. The number of hydrogen-bond acceptors (Lipinski definition) is 1. The molecular weight excluding hydrogens is 242 g/mol. The first kappa shape index (κ1) is 13.4. The van der Waals surface area contributed by atoms with E-state index in [0.29, 0.717) is 0 Å². The summed E-state index contributed by atoms with van der Waals surface area (Å²) in [6.07, 6.45) is 0. The van der Waals surface area contributed by atoms with Gasteiger partial charge < -0.3 is 5.73 Å². The Kier molecular flexibility index (Phi) is 2.81. The highest BCUT2D eigenvalue weighted by atomic mass is 14.7. The second-order valence-corrected chi connectivity index (χ2v) is 7.07. The van der Waals surface area contributed by atoms with Gasteiger partial charge in [-0.2, -0.15) is 0 Å². The van der Waals surface area contributed by atoms with E-state index in [9.17, 15) is 0 Å². The molecule has 2 N–H and O–H groups in total. The van der Waals surface area contributed by atoms with E-state index in [1.165, 1.54) is 38.9 Å². The molecule has 3 rings (SSSR count). The average molecular weight is 265 g/mol. The van der Waals surface area contributed by atoms with Crippen LogP contribution in [0.4, 0.5) is 0 Å². The molecule has 1 unspecified atom stereocenters. The predicted octanol–water partition coefficient (Wildman–Crippen LogP) is 4.63. The van der Waals surface area contributed by atoms with E-state index >= 15 is 0 Å². The van der Waals surface area contributed by atoms with Gasteiger partial charge >= 0.3 is 0 Å². The molecule has 0 aliphatic heterocycles. The zero-order valence-electron chi connectivity index (χ0n) is 13.0. The highest BCUT2D eigenvalue weighted by molar-refractivity contribution is 5.80. The standard InChI is InChI=1S/C19H23N/c1-11-8-12(2)17-15(9-11)14-7-6-13(19(3,4)5)10-16(14)18(17)20/h6-10,18H,20H2,1-5H3. The van der Waals surface area contributed by atoms with Gasteiger partial charge in [0.2, 0.25) is 0 Å². The maximum Gasteiger partial charge on any atom is 0.0566 e. The van der Waals surface area contributed by atoms with Gasteiger partial charge in [-0.3, -0.25) is 0 Å². The van der Waals surface area contributed by atoms with Crippen LogP contribution in [0.25, 0.3) is 11.1 Å². The average Bonchev–Trinajstić information content (AvgIpc) is 2.62. The highest BCUT2D eigenvalue weighted by Crippen LogP contribution is 2.45. The molecular formula is C19H23N. The van der Waals surface area contributed by atoms with Gasteiger partial charge in [-0.25, -0.2) is 0 Å². The Balaban J connectivity index is 2.24. The first-order valence-electron chi connectivity index (χ1n) is 7.30. The summed E-state index contributed by atoms with van der Waals surface area (Å²) in [5.74, 6) is 0. The van der Waals surface area contributed by atoms with Crippen LogP contribution in [-0.2, 0) is 5.41 Å². The monoisotopic (exact) mass is 265 g/mol. The molecule has 2 aromatic rings. The van der Waals surface area contributed by atoms with E-state index < -0.39 is 0 Å². The number of nitrogens with two attached hydrogens (primary N) is 1. The fourth-order valence-electron chi connectivity index (χ4n) is 3.30. The summed E-state index contributed by atoms with van der Waals surface area (Å²) in [7, 11) is 0. The fraction of sp³-hybridized carbons (Fsp3) is 0.368. The number of fused-ring (bicyclic) bond motifs is 3. The van der Waals surface area contributed by atoms with Crippen molar-refractivity contribution in [3.05, 3.63) is 58.1 Å². The van der Waals surface area contributed by atoms with Gasteiger partial charge in [0.25, 0.3) is 0 Å². The molecule has 0 heterocycles. The Morgan fingerprint density at radius 1 is 0.950 bits per heavy atom. The fourth-order valence-corrected chi connectivity index (χ4v) is 3.30. The molecule has 0 saturated heterocycles. The van der Waals surface area contributed by atoms with E-state index in [4.69, 9.17) is 5.73 Å². The van der Waals surface area contributed by atoms with E-state index in [-0.39, 0.29) is 11.5 Å². The van der Waals surface area contributed by atoms with Crippen LogP contribution in [0, 0.1) is 13.8 Å². The van der Waals surface area contributed by atoms with Gasteiger partial charge in [0.15, 0.2) is 0 Å². The Morgan fingerprint density at radius 3 is 2.30 bits per heavy atom. The summed E-state index contributed by atoms with van der Waals surface area (Å²) in [6.45, 7) is 11.1. The topological polar surface area (TPSA) is 26.0 Å². The molecule has 2 aromatic carbocycles. The molecule has 0 saturated carbocycles. The van der Waals surface area contributed by atoms with Crippen molar-refractivity contribution in [1.82, 2.24) is 0 Å². The number of aryl methyl sites for hydroxylation is 2. The Hall–Kier alpha value is -1.60. The van der Waals surface area contributed by atoms with Crippen LogP contribution >= 0.6 is 0 Å². The van der Waals surface area contributed by atoms with Crippen LogP contribution in [-0.4, -0.2) is 0 Å². The van der Waals surface area contributed by atoms with Gasteiger partial charge in [-0.15, -0.1) is 0 Å². The summed E-state index contributed by atoms with van der Waals surface area (Å²) in [5.41, 5.74) is 15.9. The molecule has 0 spiro atoms. The molecule has 1 aliphatic carbocycles. The maximum atomic E-state index is 6.52. The molecule has 20 heavy (non-hydrogen) atoms. The largest absolute Gasteiger partial charge is 0.320 e. The summed E-state index contributed by atoms with van der Waals surface area (Å²) < 4.78 is 0. The van der Waals surface area contributed by atoms with Crippen molar-refractivity contribution in [2.45, 2.75) is 46.1 Å². The van der Waals surface area contributed by atoms with E-state index in [1.807, 2.05) is 0 Å². The second-order valence-electron chi connectivity index (χ2n) is 7.07. The smallest absolute Gasteiger partial charge is 0.0566 e. The third-order valence-electron chi connectivity index (χ3n) is 4.39. The quantitative estimate of drug-likeness (QED) is 0.738. The van der Waals surface area contributed by atoms with Crippen molar-refractivity contribution in [3.63, 3.8) is 0 Å². The molecule has 104 valence electrons. The minimum atomic E-state index is 0.0166. The minimum Gasteiger partial charge on any atom is -0.320 e. The van der Waals surface area contributed by atoms with Crippen molar-refractivity contribution in [3.8, 4) is 11.1 Å². The predicted molar refractivity (Wildman–Crippen MR) is 86.1 cm³/mol. The Bertz CT molecular complexity index is 690. The zero-order valence-corrected chi connectivity index (χ0v) is 13.0. The number of benzene rings is 2. The Morgan fingerprint density at radius 2 is 1.65 bits per heavy atom. The summed E-state index contributed by atoms with van der Waals surface area (Å²) in [4.78, 5) is 0. The van der Waals surface area contributed by atoms with Crippen LogP contribution in [0.3, 0.4) is 0 Å². The molecule has 1 atom stereocenters. The third kappa shape index (κ3) is 1.89. The molecule has 0 fully saturated rings. The van der Waals surface area contributed by atoms with Crippen LogP contribution in [0.1, 0.15) is 54.6 Å². The molecule has 0 bridgehead atoms. The van der Waals surface area contributed by atoms with Crippen molar-refractivity contribution in [2.24, 2.45) is 5.73 Å². The summed E-state index contributed by atoms with van der Waals surface area (Å²) >= 11 is 0. The van der Waals surface area contributed by atoms with Gasteiger partial charge in [0.05, 0.1) is 6.04 Å². The number of hydrogen-bond donors (Lipinski definition) is 1. The van der Waals surface area contributed by atoms with E-state index in [1.54, 1.807) is 0 Å². The van der Waals surface area contributed by atoms with E-state index in [0.717, 1.165) is 0 Å². The number of rotatable bonds is 0. The van der Waals surface area contributed by atoms with Crippen LogP contribution in [0.15, 0.2) is 30.3 Å². The molecule has 0 aromatic heterocycles. The van der Waals surface area contributed by atoms with Crippen LogP contribution in [0.2, 0.25) is 0 Å². The van der Waals surface area contributed by atoms with Gasteiger partial charge in [0, 0.05) is 0 Å². The summed E-state index contributed by atoms with van der Waals surface area (Å²) in [5, 5.41) is 0. The maximum absolute atomic E-state index is 6.52. The van der Waals surface area contributed by atoms with Crippen molar-refractivity contribution in [1.29, 1.82) is 0 Å². The lowest BCUT2D eigenvalue weighted by molar-refractivity contribution is 0.589. The normalized spacial score (nSPS) is 17.0. The van der Waals surface area contributed by atoms with Gasteiger partial charge in [-0.05, 0) is 52.6 Å².